The van der Waals surface area contributed by atoms with Gasteiger partial charge in [0.15, 0.2) is 14.9 Å². The molecule has 0 amide bonds. The topological polar surface area (TPSA) is 114 Å². The number of carboxylic acids is 1. The van der Waals surface area contributed by atoms with E-state index in [-0.39, 0.29) is 33.6 Å². The molecule has 1 aromatic carbocycles. The summed E-state index contributed by atoms with van der Waals surface area (Å²) in [6.45, 7) is 1.52. The van der Waals surface area contributed by atoms with Crippen molar-refractivity contribution in [2.45, 2.75) is 11.9 Å². The van der Waals surface area contributed by atoms with Gasteiger partial charge >= 0.3 is 5.97 Å². The molecule has 2 rings (SSSR count). The second-order valence-corrected chi connectivity index (χ2v) is 6.58. The fraction of sp³-hybridized carbons (Fsp3) is 0.143. The maximum absolute atomic E-state index is 11.6. The standard InChI is InChI=1S/C14H13NO6S/c1-2-22(19,20)13-4-3-11(8-15-13)21-12-6-9(14(17)18)5-10(16)7-12/h3-8,16H,2H2,1H3,(H,17,18). The first-order valence-electron chi connectivity index (χ1n) is 6.26. The van der Waals surface area contributed by atoms with Crippen LogP contribution in [0.4, 0.5) is 0 Å². The number of nitrogens with zero attached hydrogens (tertiary/aromatic N) is 1. The molecule has 2 N–H and O–H groups in total. The molecule has 22 heavy (non-hydrogen) atoms. The first kappa shape index (κ1) is 15.8. The minimum Gasteiger partial charge on any atom is -0.508 e. The highest BCUT2D eigenvalue weighted by Gasteiger charge is 2.13. The van der Waals surface area contributed by atoms with Crippen LogP contribution in [0.25, 0.3) is 0 Å². The maximum Gasteiger partial charge on any atom is 0.335 e. The normalized spacial score (nSPS) is 11.1. The number of rotatable bonds is 5. The van der Waals surface area contributed by atoms with E-state index in [0.29, 0.717) is 0 Å². The highest BCUT2D eigenvalue weighted by molar-refractivity contribution is 7.91. The Kier molecular flexibility index (Phi) is 4.32. The van der Waals surface area contributed by atoms with Crippen LogP contribution in [-0.4, -0.2) is 35.3 Å². The molecule has 1 heterocycles. The van der Waals surface area contributed by atoms with Crippen LogP contribution in [0.3, 0.4) is 0 Å². The molecule has 0 unspecified atom stereocenters. The van der Waals surface area contributed by atoms with Crippen molar-refractivity contribution in [3.63, 3.8) is 0 Å². The van der Waals surface area contributed by atoms with Crippen molar-refractivity contribution in [1.82, 2.24) is 4.98 Å². The third kappa shape index (κ3) is 3.53. The number of phenols is 1. The molecule has 1 aromatic heterocycles. The van der Waals surface area contributed by atoms with Crippen LogP contribution in [0.5, 0.6) is 17.2 Å². The van der Waals surface area contributed by atoms with Crippen LogP contribution in [0, 0.1) is 0 Å². The van der Waals surface area contributed by atoms with Gasteiger partial charge in [-0.25, -0.2) is 18.2 Å². The van der Waals surface area contributed by atoms with E-state index in [1.165, 1.54) is 37.4 Å². The predicted molar refractivity (Wildman–Crippen MR) is 77.1 cm³/mol. The molecule has 7 nitrogen and oxygen atoms in total. The zero-order valence-corrected chi connectivity index (χ0v) is 12.4. The van der Waals surface area contributed by atoms with Crippen LogP contribution < -0.4 is 4.74 Å². The van der Waals surface area contributed by atoms with Gasteiger partial charge in [0.25, 0.3) is 0 Å². The Morgan fingerprint density at radius 2 is 1.95 bits per heavy atom. The van der Waals surface area contributed by atoms with Crippen molar-refractivity contribution in [3.05, 3.63) is 42.1 Å². The summed E-state index contributed by atoms with van der Waals surface area (Å²) in [6, 6.07) is 6.27. The van der Waals surface area contributed by atoms with Gasteiger partial charge in [-0.05, 0) is 24.3 Å². The molecular formula is C14H13NO6S. The van der Waals surface area contributed by atoms with Crippen molar-refractivity contribution >= 4 is 15.8 Å². The number of aromatic carboxylic acids is 1. The lowest BCUT2D eigenvalue weighted by Gasteiger charge is -2.08. The molecule has 0 radical (unpaired) electrons. The van der Waals surface area contributed by atoms with Crippen LogP contribution >= 0.6 is 0 Å². The predicted octanol–water partition coefficient (Wildman–Crippen LogP) is 2.07. The molecule has 2 aromatic rings. The summed E-state index contributed by atoms with van der Waals surface area (Å²) in [5.74, 6) is -1.20. The summed E-state index contributed by atoms with van der Waals surface area (Å²) in [5, 5.41) is 18.3. The number of hydrogen-bond acceptors (Lipinski definition) is 6. The third-order valence-electron chi connectivity index (χ3n) is 2.78. The van der Waals surface area contributed by atoms with Gasteiger partial charge in [0, 0.05) is 6.07 Å². The summed E-state index contributed by atoms with van der Waals surface area (Å²) in [6.07, 6.45) is 1.22. The Balaban J connectivity index is 2.27. The lowest BCUT2D eigenvalue weighted by molar-refractivity contribution is 0.0696. The van der Waals surface area contributed by atoms with Gasteiger partial charge in [-0.3, -0.25) is 0 Å². The van der Waals surface area contributed by atoms with Crippen LogP contribution in [0.2, 0.25) is 0 Å². The van der Waals surface area contributed by atoms with Crippen molar-refractivity contribution in [2.75, 3.05) is 5.75 Å². The van der Waals surface area contributed by atoms with E-state index < -0.39 is 15.8 Å². The first-order valence-corrected chi connectivity index (χ1v) is 7.91. The Hall–Kier alpha value is -2.61. The highest BCUT2D eigenvalue weighted by Crippen LogP contribution is 2.27. The van der Waals surface area contributed by atoms with Gasteiger partial charge in [0.1, 0.15) is 17.2 Å². The second-order valence-electron chi connectivity index (χ2n) is 4.36. The van der Waals surface area contributed by atoms with Crippen molar-refractivity contribution in [3.8, 4) is 17.2 Å². The fourth-order valence-electron chi connectivity index (χ4n) is 1.66. The van der Waals surface area contributed by atoms with Crippen molar-refractivity contribution < 1.29 is 28.2 Å². The monoisotopic (exact) mass is 323 g/mol. The summed E-state index contributed by atoms with van der Waals surface area (Å²) in [7, 11) is -3.40. The van der Waals surface area contributed by atoms with E-state index in [1.54, 1.807) is 0 Å². The summed E-state index contributed by atoms with van der Waals surface area (Å²) in [4.78, 5) is 14.7. The Morgan fingerprint density at radius 3 is 2.50 bits per heavy atom. The van der Waals surface area contributed by atoms with Gasteiger partial charge in [-0.15, -0.1) is 0 Å². The number of aromatic nitrogens is 1. The van der Waals surface area contributed by atoms with E-state index in [0.717, 1.165) is 6.07 Å². The molecule has 8 heteroatoms. The zero-order chi connectivity index (χ0) is 16.3. The molecule has 0 saturated heterocycles. The summed E-state index contributed by atoms with van der Waals surface area (Å²) < 4.78 is 28.6. The Bertz CT molecular complexity index is 799. The van der Waals surface area contributed by atoms with Gasteiger partial charge in [0.2, 0.25) is 0 Å². The number of pyridine rings is 1. The molecule has 0 spiro atoms. The molecule has 0 atom stereocenters. The summed E-state index contributed by atoms with van der Waals surface area (Å²) >= 11 is 0. The second kappa shape index (κ2) is 6.02. The molecule has 116 valence electrons. The molecule has 0 aliphatic carbocycles. The smallest absolute Gasteiger partial charge is 0.335 e. The molecule has 0 bridgehead atoms. The number of carboxylic acid groups (broad SMARTS) is 1. The lowest BCUT2D eigenvalue weighted by Crippen LogP contribution is -2.05. The zero-order valence-electron chi connectivity index (χ0n) is 11.6. The average Bonchev–Trinajstić information content (AvgIpc) is 2.47. The van der Waals surface area contributed by atoms with Crippen LogP contribution in [0.1, 0.15) is 17.3 Å². The lowest BCUT2D eigenvalue weighted by atomic mass is 10.2. The number of phenolic OH excluding ortho intramolecular Hbond substituents is 1. The van der Waals surface area contributed by atoms with Gasteiger partial charge in [0.05, 0.1) is 17.5 Å². The van der Waals surface area contributed by atoms with E-state index in [1.807, 2.05) is 0 Å². The van der Waals surface area contributed by atoms with Gasteiger partial charge in [-0.1, -0.05) is 6.92 Å². The van der Waals surface area contributed by atoms with Gasteiger partial charge < -0.3 is 14.9 Å². The molecule has 0 aliphatic heterocycles. The van der Waals surface area contributed by atoms with Crippen molar-refractivity contribution in [2.24, 2.45) is 0 Å². The molecule has 0 aliphatic rings. The maximum atomic E-state index is 11.6. The van der Waals surface area contributed by atoms with Crippen LogP contribution in [0.15, 0.2) is 41.6 Å². The largest absolute Gasteiger partial charge is 0.508 e. The highest BCUT2D eigenvalue weighted by atomic mass is 32.2. The van der Waals surface area contributed by atoms with E-state index in [4.69, 9.17) is 9.84 Å². The Labute approximate surface area is 126 Å². The number of aromatic hydroxyl groups is 1. The number of hydrogen-bond donors (Lipinski definition) is 2. The number of sulfone groups is 1. The minimum absolute atomic E-state index is 0.0608. The fourth-order valence-corrected chi connectivity index (χ4v) is 2.45. The van der Waals surface area contributed by atoms with Crippen molar-refractivity contribution in [1.29, 1.82) is 0 Å². The first-order chi connectivity index (χ1) is 10.3. The third-order valence-corrected chi connectivity index (χ3v) is 4.42. The SMILES string of the molecule is CCS(=O)(=O)c1ccc(Oc2cc(O)cc(C(=O)O)c2)cn1. The van der Waals surface area contributed by atoms with Crippen LogP contribution in [-0.2, 0) is 9.84 Å². The average molecular weight is 323 g/mol. The van der Waals surface area contributed by atoms with E-state index >= 15 is 0 Å². The number of ether oxygens (including phenoxy) is 1. The molecule has 0 saturated carbocycles. The van der Waals surface area contributed by atoms with Gasteiger partial charge in [-0.2, -0.15) is 0 Å². The molecular weight excluding hydrogens is 310 g/mol. The quantitative estimate of drug-likeness (QED) is 0.865. The number of benzene rings is 1. The Morgan fingerprint density at radius 1 is 1.23 bits per heavy atom. The molecule has 0 fully saturated rings. The number of carbonyl (C=O) groups is 1. The van der Waals surface area contributed by atoms with E-state index in [9.17, 15) is 18.3 Å². The van der Waals surface area contributed by atoms with E-state index in [2.05, 4.69) is 4.98 Å². The minimum atomic E-state index is -3.40. The summed E-state index contributed by atoms with van der Waals surface area (Å²) in [5.41, 5.74) is -0.131.